The molecule has 3 fully saturated rings. The van der Waals surface area contributed by atoms with Gasteiger partial charge < -0.3 is 64.5 Å². The minimum absolute atomic E-state index is 0.335. The largest absolute Gasteiger partial charge is 0.388 e. The fourth-order valence-corrected chi connectivity index (χ4v) is 3.37. The Balaban J connectivity index is 1.64. The van der Waals surface area contributed by atoms with Crippen molar-refractivity contribution >= 4 is 0 Å². The number of rotatable bonds is 4. The zero-order valence-electron chi connectivity index (χ0n) is 15.5. The van der Waals surface area contributed by atoms with Gasteiger partial charge in [-0.1, -0.05) is 0 Å². The van der Waals surface area contributed by atoms with Crippen LogP contribution in [0.1, 0.15) is 6.92 Å². The molecular formula is C16H28O13. The summed E-state index contributed by atoms with van der Waals surface area (Å²) in [5.74, 6) is 0. The number of ether oxygens (including phenoxy) is 5. The SMILES string of the molecule is C[C@@H]1O[C@@H](O[C@@H]2OC[C@@H](O)[C@H](O[C@@H]3OC[C@@H](O)[C@H](O)[C@H]3O)[C@H]2O)[C@H](O)[C@@H](O)[C@H]1O. The van der Waals surface area contributed by atoms with Gasteiger partial charge in [0.2, 0.25) is 0 Å². The van der Waals surface area contributed by atoms with Crippen LogP contribution in [-0.4, -0.2) is 134 Å². The zero-order chi connectivity index (χ0) is 21.5. The molecule has 3 rings (SSSR count). The van der Waals surface area contributed by atoms with Gasteiger partial charge in [-0.2, -0.15) is 0 Å². The lowest BCUT2D eigenvalue weighted by Crippen LogP contribution is -2.62. The molecule has 0 aliphatic carbocycles. The molecule has 0 aromatic carbocycles. The molecule has 0 spiro atoms. The lowest BCUT2D eigenvalue weighted by molar-refractivity contribution is -0.375. The first-order valence-electron chi connectivity index (χ1n) is 9.26. The Morgan fingerprint density at radius 3 is 1.79 bits per heavy atom. The third kappa shape index (κ3) is 4.72. The van der Waals surface area contributed by atoms with Gasteiger partial charge in [0.15, 0.2) is 18.9 Å². The van der Waals surface area contributed by atoms with Crippen LogP contribution < -0.4 is 0 Å². The second-order valence-electron chi connectivity index (χ2n) is 7.43. The Labute approximate surface area is 165 Å². The smallest absolute Gasteiger partial charge is 0.189 e. The molecule has 8 N–H and O–H groups in total. The molecule has 13 heteroatoms. The molecule has 3 heterocycles. The van der Waals surface area contributed by atoms with E-state index in [-0.39, 0.29) is 13.2 Å². The van der Waals surface area contributed by atoms with E-state index in [9.17, 15) is 40.9 Å². The maximum atomic E-state index is 10.5. The Bertz CT molecular complexity index is 537. The maximum Gasteiger partial charge on any atom is 0.189 e. The van der Waals surface area contributed by atoms with Crippen molar-refractivity contribution in [2.75, 3.05) is 13.2 Å². The quantitative estimate of drug-likeness (QED) is 0.211. The highest BCUT2D eigenvalue weighted by atomic mass is 16.8. The number of hydrogen-bond donors (Lipinski definition) is 8. The van der Waals surface area contributed by atoms with Gasteiger partial charge in [-0.15, -0.1) is 0 Å². The van der Waals surface area contributed by atoms with E-state index in [1.807, 2.05) is 0 Å². The molecule has 0 aromatic heterocycles. The second kappa shape index (κ2) is 9.32. The van der Waals surface area contributed by atoms with Crippen LogP contribution in [0.2, 0.25) is 0 Å². The molecule has 13 atom stereocenters. The highest BCUT2D eigenvalue weighted by Crippen LogP contribution is 2.28. The Morgan fingerprint density at radius 2 is 1.14 bits per heavy atom. The number of aliphatic hydroxyl groups excluding tert-OH is 8. The Kier molecular flexibility index (Phi) is 7.44. The number of aliphatic hydroxyl groups is 8. The summed E-state index contributed by atoms with van der Waals surface area (Å²) < 4.78 is 26.4. The molecule has 3 aliphatic heterocycles. The molecule has 3 aliphatic rings. The summed E-state index contributed by atoms with van der Waals surface area (Å²) in [5, 5.41) is 79.4. The first-order chi connectivity index (χ1) is 13.6. The third-order valence-electron chi connectivity index (χ3n) is 5.25. The van der Waals surface area contributed by atoms with Crippen molar-refractivity contribution in [3.8, 4) is 0 Å². The molecular weight excluding hydrogens is 400 g/mol. The molecule has 13 nitrogen and oxygen atoms in total. The molecule has 0 radical (unpaired) electrons. The van der Waals surface area contributed by atoms with Crippen molar-refractivity contribution in [1.29, 1.82) is 0 Å². The fraction of sp³-hybridized carbons (Fsp3) is 1.00. The van der Waals surface area contributed by atoms with Crippen molar-refractivity contribution in [2.45, 2.75) is 86.8 Å². The molecule has 29 heavy (non-hydrogen) atoms. The summed E-state index contributed by atoms with van der Waals surface area (Å²) in [7, 11) is 0. The predicted octanol–water partition coefficient (Wildman–Crippen LogP) is -5.27. The van der Waals surface area contributed by atoms with E-state index in [2.05, 4.69) is 0 Å². The average Bonchev–Trinajstić information content (AvgIpc) is 2.69. The van der Waals surface area contributed by atoms with Gasteiger partial charge in [0, 0.05) is 0 Å². The topological polar surface area (TPSA) is 208 Å². The molecule has 0 bridgehead atoms. The van der Waals surface area contributed by atoms with Crippen LogP contribution >= 0.6 is 0 Å². The van der Waals surface area contributed by atoms with Gasteiger partial charge in [-0.3, -0.25) is 0 Å². The lowest BCUT2D eigenvalue weighted by Gasteiger charge is -2.44. The summed E-state index contributed by atoms with van der Waals surface area (Å²) >= 11 is 0. The summed E-state index contributed by atoms with van der Waals surface area (Å²) in [6.07, 6.45) is -18.7. The van der Waals surface area contributed by atoms with Gasteiger partial charge >= 0.3 is 0 Å². The summed E-state index contributed by atoms with van der Waals surface area (Å²) in [5.41, 5.74) is 0. The average molecular weight is 428 g/mol. The molecule has 0 unspecified atom stereocenters. The van der Waals surface area contributed by atoms with E-state index in [0.717, 1.165) is 0 Å². The minimum Gasteiger partial charge on any atom is -0.388 e. The van der Waals surface area contributed by atoms with E-state index in [0.29, 0.717) is 0 Å². The minimum atomic E-state index is -1.64. The fourth-order valence-electron chi connectivity index (χ4n) is 3.37. The summed E-state index contributed by atoms with van der Waals surface area (Å²) in [6.45, 7) is 0.758. The third-order valence-corrected chi connectivity index (χ3v) is 5.25. The van der Waals surface area contributed by atoms with Crippen molar-refractivity contribution in [3.05, 3.63) is 0 Å². The van der Waals surface area contributed by atoms with Gasteiger partial charge in [-0.05, 0) is 6.92 Å². The Hall–Kier alpha value is -0.520. The van der Waals surface area contributed by atoms with Crippen molar-refractivity contribution in [2.24, 2.45) is 0 Å². The van der Waals surface area contributed by atoms with E-state index in [1.54, 1.807) is 0 Å². The van der Waals surface area contributed by atoms with Gasteiger partial charge in [-0.25, -0.2) is 0 Å². The summed E-state index contributed by atoms with van der Waals surface area (Å²) in [4.78, 5) is 0. The molecule has 170 valence electrons. The van der Waals surface area contributed by atoms with Crippen LogP contribution in [0.15, 0.2) is 0 Å². The standard InChI is InChI=1S/C16H28O13/c1-4-7(19)9(21)11(23)16(27-4)29-15-12(24)13(6(18)3-26-15)28-14-10(22)8(20)5(17)2-25-14/h4-24H,2-3H2,1H3/t4-,5+,6+,7-,8-,9-,10+,11+,12+,13-,14-,15-,16-/m0/s1. The highest BCUT2D eigenvalue weighted by Gasteiger charge is 2.49. The van der Waals surface area contributed by atoms with E-state index in [4.69, 9.17) is 23.7 Å². The van der Waals surface area contributed by atoms with Crippen LogP contribution in [0.25, 0.3) is 0 Å². The van der Waals surface area contributed by atoms with Crippen LogP contribution in [0, 0.1) is 0 Å². The molecule has 0 saturated carbocycles. The van der Waals surface area contributed by atoms with Gasteiger partial charge in [0.1, 0.15) is 54.9 Å². The van der Waals surface area contributed by atoms with E-state index in [1.165, 1.54) is 6.92 Å². The van der Waals surface area contributed by atoms with Crippen molar-refractivity contribution in [3.63, 3.8) is 0 Å². The van der Waals surface area contributed by atoms with Gasteiger partial charge in [0.25, 0.3) is 0 Å². The van der Waals surface area contributed by atoms with Crippen LogP contribution in [0.4, 0.5) is 0 Å². The van der Waals surface area contributed by atoms with Crippen molar-refractivity contribution in [1.82, 2.24) is 0 Å². The van der Waals surface area contributed by atoms with Crippen molar-refractivity contribution < 1.29 is 64.5 Å². The van der Waals surface area contributed by atoms with E-state index >= 15 is 0 Å². The second-order valence-corrected chi connectivity index (χ2v) is 7.43. The normalized spacial score (nSPS) is 54.3. The predicted molar refractivity (Wildman–Crippen MR) is 87.8 cm³/mol. The van der Waals surface area contributed by atoms with E-state index < -0.39 is 79.9 Å². The maximum absolute atomic E-state index is 10.5. The molecule has 3 saturated heterocycles. The van der Waals surface area contributed by atoms with Crippen LogP contribution in [0.3, 0.4) is 0 Å². The van der Waals surface area contributed by atoms with Gasteiger partial charge in [0.05, 0.1) is 19.3 Å². The Morgan fingerprint density at radius 1 is 0.586 bits per heavy atom. The first-order valence-corrected chi connectivity index (χ1v) is 9.26. The first kappa shape index (κ1) is 23.1. The summed E-state index contributed by atoms with van der Waals surface area (Å²) in [6, 6.07) is 0. The highest BCUT2D eigenvalue weighted by molar-refractivity contribution is 4.91. The lowest BCUT2D eigenvalue weighted by atomic mass is 10.00. The zero-order valence-corrected chi connectivity index (χ0v) is 15.5. The molecule has 0 amide bonds. The monoisotopic (exact) mass is 428 g/mol. The van der Waals surface area contributed by atoms with Crippen LogP contribution in [0.5, 0.6) is 0 Å². The molecule has 0 aromatic rings. The number of hydrogen-bond acceptors (Lipinski definition) is 13. The van der Waals surface area contributed by atoms with Crippen LogP contribution in [-0.2, 0) is 23.7 Å².